The lowest BCUT2D eigenvalue weighted by molar-refractivity contribution is -0.575. The molecule has 6 rings (SSSR count). The molecule has 4 aromatic rings. The van der Waals surface area contributed by atoms with Gasteiger partial charge in [-0.25, -0.2) is 0 Å². The lowest BCUT2D eigenvalue weighted by Gasteiger charge is -2.42. The number of benzene rings is 3. The molecule has 0 N–H and O–H groups in total. The van der Waals surface area contributed by atoms with Crippen LogP contribution in [0, 0.1) is 6.33 Å². The number of ether oxygens (including phenoxy) is 1. The molecule has 0 bridgehead atoms. The maximum atomic E-state index is 6.60. The van der Waals surface area contributed by atoms with Gasteiger partial charge < -0.3 is 4.74 Å². The van der Waals surface area contributed by atoms with Gasteiger partial charge in [-0.15, -0.1) is 0 Å². The normalized spacial score (nSPS) is 17.3. The topological polar surface area (TPSA) is 18.0 Å². The summed E-state index contributed by atoms with van der Waals surface area (Å²) in [6.45, 7) is 18.6. The zero-order valence-corrected chi connectivity index (χ0v) is 23.0. The van der Waals surface area contributed by atoms with Crippen molar-refractivity contribution in [2.24, 2.45) is 0 Å². The van der Waals surface area contributed by atoms with Crippen molar-refractivity contribution in [2.75, 3.05) is 0 Å². The lowest BCUT2D eigenvalue weighted by Crippen LogP contribution is -2.37. The van der Waals surface area contributed by atoms with Crippen LogP contribution in [0.15, 0.2) is 48.5 Å². The summed E-state index contributed by atoms with van der Waals surface area (Å²) in [7, 11) is 0. The molecule has 0 saturated carbocycles. The minimum atomic E-state index is 0.136. The van der Waals surface area contributed by atoms with Gasteiger partial charge in [0.05, 0.1) is 11.2 Å². The van der Waals surface area contributed by atoms with Crippen molar-refractivity contribution < 1.29 is 9.30 Å². The molecule has 36 heavy (non-hydrogen) atoms. The first-order valence-electron chi connectivity index (χ1n) is 13.5. The van der Waals surface area contributed by atoms with E-state index in [0.717, 1.165) is 33.9 Å². The predicted molar refractivity (Wildman–Crippen MR) is 147 cm³/mol. The van der Waals surface area contributed by atoms with Crippen LogP contribution < -0.4 is 9.30 Å². The van der Waals surface area contributed by atoms with Crippen LogP contribution in [-0.2, 0) is 10.8 Å². The fourth-order valence-electron chi connectivity index (χ4n) is 5.99. The number of hydrogen-bond acceptors (Lipinski definition) is 1. The molecule has 0 fully saturated rings. The van der Waals surface area contributed by atoms with Crippen molar-refractivity contribution in [3.05, 3.63) is 77.1 Å². The van der Waals surface area contributed by atoms with Crippen LogP contribution in [-0.4, -0.2) is 4.57 Å². The molecular weight excluding hydrogens is 440 g/mol. The molecule has 1 aliphatic carbocycles. The number of imidazole rings is 1. The summed E-state index contributed by atoms with van der Waals surface area (Å²) < 4.78 is 11.1. The van der Waals surface area contributed by atoms with E-state index in [0.29, 0.717) is 11.8 Å². The summed E-state index contributed by atoms with van der Waals surface area (Å²) in [5.41, 5.74) is 10.3. The van der Waals surface area contributed by atoms with E-state index in [1.54, 1.807) is 0 Å². The molecule has 2 aliphatic rings. The molecule has 1 aromatic heterocycles. The van der Waals surface area contributed by atoms with Gasteiger partial charge in [0.25, 0.3) is 6.33 Å². The second-order valence-corrected chi connectivity index (χ2v) is 12.8. The highest BCUT2D eigenvalue weighted by Gasteiger charge is 2.39. The van der Waals surface area contributed by atoms with E-state index in [-0.39, 0.29) is 10.8 Å². The van der Waals surface area contributed by atoms with Crippen LogP contribution in [0.3, 0.4) is 0 Å². The van der Waals surface area contributed by atoms with Crippen molar-refractivity contribution in [1.82, 2.24) is 4.57 Å². The van der Waals surface area contributed by atoms with Crippen LogP contribution in [0.2, 0.25) is 0 Å². The highest BCUT2D eigenvalue weighted by atomic mass is 16.5. The smallest absolute Gasteiger partial charge is 0.270 e. The average molecular weight is 479 g/mol. The Morgan fingerprint density at radius 1 is 0.806 bits per heavy atom. The van der Waals surface area contributed by atoms with Crippen LogP contribution >= 0.6 is 0 Å². The van der Waals surface area contributed by atoms with E-state index < -0.39 is 0 Å². The summed E-state index contributed by atoms with van der Waals surface area (Å²) in [6.07, 6.45) is 6.12. The van der Waals surface area contributed by atoms with E-state index in [4.69, 9.17) is 4.74 Å². The Labute approximate surface area is 215 Å². The first-order chi connectivity index (χ1) is 17.0. The van der Waals surface area contributed by atoms with Gasteiger partial charge in [-0.05, 0) is 88.1 Å². The van der Waals surface area contributed by atoms with Gasteiger partial charge >= 0.3 is 0 Å². The summed E-state index contributed by atoms with van der Waals surface area (Å²) in [5, 5.41) is 0. The SMILES string of the molecule is CC(C)c1cc(C(C)C)cc(-n2[c-][n+]3c4c(cccc42)Oc2cc4c(cc2-3)C(C)(C)CCC4(C)C)c1. The largest absolute Gasteiger partial charge is 0.465 e. The fraction of sp³-hybridized carbons (Fsp3) is 0.424. The van der Waals surface area contributed by atoms with E-state index in [9.17, 15) is 0 Å². The molecule has 0 amide bonds. The molecule has 3 heteroatoms. The molecule has 186 valence electrons. The van der Waals surface area contributed by atoms with E-state index in [2.05, 4.69) is 119 Å². The second-order valence-electron chi connectivity index (χ2n) is 12.8. The van der Waals surface area contributed by atoms with Gasteiger partial charge in [0.15, 0.2) is 0 Å². The molecule has 2 heterocycles. The van der Waals surface area contributed by atoms with Gasteiger partial charge in [0, 0.05) is 0 Å². The number of nitrogens with zero attached hydrogens (tertiary/aromatic N) is 2. The molecule has 3 nitrogen and oxygen atoms in total. The van der Waals surface area contributed by atoms with Crippen molar-refractivity contribution >= 4 is 11.0 Å². The van der Waals surface area contributed by atoms with E-state index in [1.165, 1.54) is 35.1 Å². The third-order valence-corrected chi connectivity index (χ3v) is 8.59. The molecule has 1 aliphatic heterocycles. The molecule has 0 unspecified atom stereocenters. The van der Waals surface area contributed by atoms with Crippen LogP contribution in [0.4, 0.5) is 0 Å². The van der Waals surface area contributed by atoms with Crippen molar-refractivity contribution in [3.8, 4) is 22.9 Å². The van der Waals surface area contributed by atoms with E-state index >= 15 is 0 Å². The molecule has 0 atom stereocenters. The molecule has 0 radical (unpaired) electrons. The van der Waals surface area contributed by atoms with Gasteiger partial charge in [-0.1, -0.05) is 73.6 Å². The first kappa shape index (κ1) is 23.3. The monoisotopic (exact) mass is 478 g/mol. The quantitative estimate of drug-likeness (QED) is 0.188. The Kier molecular flexibility index (Phi) is 5.00. The summed E-state index contributed by atoms with van der Waals surface area (Å²) >= 11 is 0. The molecule has 0 saturated heterocycles. The van der Waals surface area contributed by atoms with Crippen molar-refractivity contribution in [3.63, 3.8) is 0 Å². The lowest BCUT2D eigenvalue weighted by atomic mass is 9.63. The standard InChI is InChI=1S/C33H38N2O/c1-20(2)22-14-23(21(3)4)16-24(15-22)34-19-35-28-17-25-26(33(7,8)13-12-32(25,5)6)18-30(28)36-29-11-9-10-27(34)31(29)35/h9-11,14-18,20-21H,12-13H2,1-8H3. The highest BCUT2D eigenvalue weighted by Crippen LogP contribution is 2.49. The van der Waals surface area contributed by atoms with Gasteiger partial charge in [0.2, 0.25) is 0 Å². The van der Waals surface area contributed by atoms with Crippen LogP contribution in [0.1, 0.15) is 102 Å². The van der Waals surface area contributed by atoms with Gasteiger partial charge in [-0.3, -0.25) is 9.13 Å². The predicted octanol–water partition coefficient (Wildman–Crippen LogP) is 8.41. The van der Waals surface area contributed by atoms with Crippen molar-refractivity contribution in [1.29, 1.82) is 0 Å². The minimum Gasteiger partial charge on any atom is -0.465 e. The maximum Gasteiger partial charge on any atom is 0.270 e. The third kappa shape index (κ3) is 3.43. The third-order valence-electron chi connectivity index (χ3n) is 8.59. The van der Waals surface area contributed by atoms with Crippen molar-refractivity contribution in [2.45, 2.75) is 90.9 Å². The number of hydrogen-bond donors (Lipinski definition) is 0. The molecular formula is C33H38N2O. The fourth-order valence-corrected chi connectivity index (χ4v) is 5.99. The summed E-state index contributed by atoms with van der Waals surface area (Å²) in [4.78, 5) is 0. The summed E-state index contributed by atoms with van der Waals surface area (Å²) in [5.74, 6) is 2.75. The number of para-hydroxylation sites is 1. The molecule has 0 spiro atoms. The zero-order valence-electron chi connectivity index (χ0n) is 23.0. The van der Waals surface area contributed by atoms with Gasteiger partial charge in [0.1, 0.15) is 22.7 Å². The van der Waals surface area contributed by atoms with Gasteiger partial charge in [-0.2, -0.15) is 0 Å². The van der Waals surface area contributed by atoms with Crippen LogP contribution in [0.25, 0.3) is 22.4 Å². The second kappa shape index (κ2) is 7.71. The zero-order chi connectivity index (χ0) is 25.6. The average Bonchev–Trinajstić information content (AvgIpc) is 3.22. The Morgan fingerprint density at radius 2 is 1.42 bits per heavy atom. The van der Waals surface area contributed by atoms with Crippen LogP contribution in [0.5, 0.6) is 11.5 Å². The number of aromatic nitrogens is 2. The Bertz CT molecular complexity index is 1490. The Hall–Kier alpha value is -3.07. The Balaban J connectivity index is 1.62. The summed E-state index contributed by atoms with van der Waals surface area (Å²) in [6, 6.07) is 18.0. The highest BCUT2D eigenvalue weighted by molar-refractivity contribution is 5.82. The number of rotatable bonds is 3. The Morgan fingerprint density at radius 3 is 2.03 bits per heavy atom. The number of fused-ring (bicyclic) bond motifs is 3. The molecule has 3 aromatic carbocycles. The first-order valence-corrected chi connectivity index (χ1v) is 13.5. The maximum absolute atomic E-state index is 6.60. The minimum absolute atomic E-state index is 0.136. The van der Waals surface area contributed by atoms with E-state index in [1.807, 2.05) is 0 Å².